The Balaban J connectivity index is 1.70. The Labute approximate surface area is 91.2 Å². The van der Waals surface area contributed by atoms with Crippen LogP contribution in [0.5, 0.6) is 0 Å². The molecule has 1 aromatic rings. The molecule has 1 aliphatic rings. The Morgan fingerprint density at radius 3 is 3.06 bits per heavy atom. The maximum atomic E-state index is 11.5. The molecule has 1 unspecified atom stereocenters. The van der Waals surface area contributed by atoms with Gasteiger partial charge in [-0.3, -0.25) is 9.59 Å². The van der Waals surface area contributed by atoms with E-state index in [-0.39, 0.29) is 11.8 Å². The first kappa shape index (κ1) is 10.5. The number of hydrogen-bond donors (Lipinski definition) is 3. The second-order valence-corrected chi connectivity index (χ2v) is 3.53. The van der Waals surface area contributed by atoms with E-state index < -0.39 is 6.04 Å². The van der Waals surface area contributed by atoms with Crippen LogP contribution in [-0.4, -0.2) is 45.0 Å². The zero-order valence-corrected chi connectivity index (χ0v) is 8.56. The van der Waals surface area contributed by atoms with E-state index >= 15 is 0 Å². The van der Waals surface area contributed by atoms with Gasteiger partial charge in [-0.25, -0.2) is 0 Å². The van der Waals surface area contributed by atoms with Crippen LogP contribution in [0.3, 0.4) is 0 Å². The third-order valence-electron chi connectivity index (χ3n) is 2.35. The minimum atomic E-state index is -0.391. The monoisotopic (exact) mass is 224 g/mol. The van der Waals surface area contributed by atoms with Gasteiger partial charge in [-0.05, 0) is 6.42 Å². The van der Waals surface area contributed by atoms with Crippen LogP contribution in [0.1, 0.15) is 18.7 Å². The third-order valence-corrected chi connectivity index (χ3v) is 2.35. The topological polar surface area (TPSA) is 113 Å². The summed E-state index contributed by atoms with van der Waals surface area (Å²) in [7, 11) is 0. The van der Waals surface area contributed by atoms with E-state index in [2.05, 4.69) is 31.3 Å². The molecule has 2 rings (SSSR count). The maximum Gasteiger partial charge on any atom is 0.242 e. The lowest BCUT2D eigenvalue weighted by atomic mass is 10.2. The molecule has 1 aromatic heterocycles. The van der Waals surface area contributed by atoms with Crippen molar-refractivity contribution >= 4 is 11.8 Å². The molecule has 8 heteroatoms. The average molecular weight is 224 g/mol. The standard InChI is InChI=1S/C8H12N6O2/c15-7-2-1-5(10-7)8(16)9-4-3-6-11-13-14-12-6/h5H,1-4H2,(H,9,16)(H,10,15)(H,11,12,13,14). The molecular weight excluding hydrogens is 212 g/mol. The van der Waals surface area contributed by atoms with Crippen molar-refractivity contribution in [1.82, 2.24) is 31.3 Å². The van der Waals surface area contributed by atoms with Crippen LogP contribution in [0.2, 0.25) is 0 Å². The highest BCUT2D eigenvalue weighted by Gasteiger charge is 2.26. The molecule has 1 fully saturated rings. The van der Waals surface area contributed by atoms with Gasteiger partial charge in [-0.1, -0.05) is 5.21 Å². The summed E-state index contributed by atoms with van der Waals surface area (Å²) in [4.78, 5) is 22.4. The number of hydrogen-bond acceptors (Lipinski definition) is 5. The lowest BCUT2D eigenvalue weighted by Gasteiger charge is -2.09. The molecule has 16 heavy (non-hydrogen) atoms. The van der Waals surface area contributed by atoms with Crippen molar-refractivity contribution in [1.29, 1.82) is 0 Å². The van der Waals surface area contributed by atoms with Gasteiger partial charge in [-0.2, -0.15) is 5.21 Å². The van der Waals surface area contributed by atoms with Crippen LogP contribution in [-0.2, 0) is 16.0 Å². The van der Waals surface area contributed by atoms with Gasteiger partial charge in [0.15, 0.2) is 5.82 Å². The summed E-state index contributed by atoms with van der Waals surface area (Å²) in [5, 5.41) is 18.5. The first-order chi connectivity index (χ1) is 7.75. The zero-order chi connectivity index (χ0) is 11.4. The number of amides is 2. The van der Waals surface area contributed by atoms with E-state index in [0.29, 0.717) is 31.6 Å². The molecular formula is C8H12N6O2. The van der Waals surface area contributed by atoms with Crippen LogP contribution in [0.15, 0.2) is 0 Å². The summed E-state index contributed by atoms with van der Waals surface area (Å²) in [5.74, 6) is 0.323. The first-order valence-corrected chi connectivity index (χ1v) is 5.05. The van der Waals surface area contributed by atoms with Crippen LogP contribution in [0.4, 0.5) is 0 Å². The fraction of sp³-hybridized carbons (Fsp3) is 0.625. The maximum absolute atomic E-state index is 11.5. The van der Waals surface area contributed by atoms with E-state index in [1.165, 1.54) is 0 Å². The molecule has 8 nitrogen and oxygen atoms in total. The van der Waals surface area contributed by atoms with Gasteiger partial charge >= 0.3 is 0 Å². The second-order valence-electron chi connectivity index (χ2n) is 3.53. The zero-order valence-electron chi connectivity index (χ0n) is 8.56. The molecule has 1 atom stereocenters. The number of nitrogens with one attached hydrogen (secondary N) is 3. The van der Waals surface area contributed by atoms with Crippen molar-refractivity contribution in [2.75, 3.05) is 6.54 Å². The Morgan fingerprint density at radius 2 is 2.44 bits per heavy atom. The van der Waals surface area contributed by atoms with Gasteiger partial charge in [0.25, 0.3) is 0 Å². The van der Waals surface area contributed by atoms with Crippen molar-refractivity contribution < 1.29 is 9.59 Å². The van der Waals surface area contributed by atoms with Crippen molar-refractivity contribution in [2.24, 2.45) is 0 Å². The summed E-state index contributed by atoms with van der Waals surface area (Å²) in [6, 6.07) is -0.391. The summed E-state index contributed by atoms with van der Waals surface area (Å²) in [5.41, 5.74) is 0. The third kappa shape index (κ3) is 2.53. The van der Waals surface area contributed by atoms with Gasteiger partial charge in [0.2, 0.25) is 11.8 Å². The molecule has 86 valence electrons. The number of carbonyl (C=O) groups excluding carboxylic acids is 2. The van der Waals surface area contributed by atoms with Gasteiger partial charge < -0.3 is 10.6 Å². The van der Waals surface area contributed by atoms with Crippen molar-refractivity contribution in [2.45, 2.75) is 25.3 Å². The summed E-state index contributed by atoms with van der Waals surface area (Å²) < 4.78 is 0. The average Bonchev–Trinajstić information content (AvgIpc) is 2.89. The molecule has 0 aliphatic carbocycles. The number of carbonyl (C=O) groups is 2. The highest BCUT2D eigenvalue weighted by atomic mass is 16.2. The van der Waals surface area contributed by atoms with Crippen LogP contribution in [0.25, 0.3) is 0 Å². The Kier molecular flexibility index (Phi) is 3.08. The summed E-state index contributed by atoms with van der Waals surface area (Å²) in [6.07, 6.45) is 1.50. The van der Waals surface area contributed by atoms with Crippen molar-refractivity contribution in [3.8, 4) is 0 Å². The SMILES string of the molecule is O=C1CCC(C(=O)NCCc2nn[nH]n2)N1. The van der Waals surface area contributed by atoms with E-state index in [0.717, 1.165) is 0 Å². The van der Waals surface area contributed by atoms with Crippen LogP contribution < -0.4 is 10.6 Å². The predicted octanol–water partition coefficient (Wildman–Crippen LogP) is -1.86. The predicted molar refractivity (Wildman–Crippen MR) is 52.1 cm³/mol. The highest BCUT2D eigenvalue weighted by Crippen LogP contribution is 2.05. The molecule has 0 bridgehead atoms. The summed E-state index contributed by atoms with van der Waals surface area (Å²) in [6.45, 7) is 0.435. The number of rotatable bonds is 4. The molecule has 0 spiro atoms. The van der Waals surface area contributed by atoms with Gasteiger partial charge in [-0.15, -0.1) is 10.2 Å². The van der Waals surface area contributed by atoms with Crippen LogP contribution in [0, 0.1) is 0 Å². The Morgan fingerprint density at radius 1 is 1.56 bits per heavy atom. The molecule has 2 amide bonds. The molecule has 0 saturated carbocycles. The minimum absolute atomic E-state index is 0.0710. The lowest BCUT2D eigenvalue weighted by molar-refractivity contribution is -0.125. The largest absolute Gasteiger partial charge is 0.354 e. The molecule has 0 aromatic carbocycles. The number of aromatic amines is 1. The van der Waals surface area contributed by atoms with Gasteiger partial charge in [0.1, 0.15) is 6.04 Å². The molecule has 3 N–H and O–H groups in total. The fourth-order valence-electron chi connectivity index (χ4n) is 1.52. The van der Waals surface area contributed by atoms with E-state index in [1.54, 1.807) is 0 Å². The molecule has 2 heterocycles. The van der Waals surface area contributed by atoms with Crippen LogP contribution >= 0.6 is 0 Å². The minimum Gasteiger partial charge on any atom is -0.354 e. The highest BCUT2D eigenvalue weighted by molar-refractivity contribution is 5.90. The van der Waals surface area contributed by atoms with Crippen molar-refractivity contribution in [3.63, 3.8) is 0 Å². The Hall–Kier alpha value is -1.99. The van der Waals surface area contributed by atoms with Gasteiger partial charge in [0, 0.05) is 19.4 Å². The number of tetrazole rings is 1. The number of aromatic nitrogens is 4. The number of nitrogens with zero attached hydrogens (tertiary/aromatic N) is 3. The lowest BCUT2D eigenvalue weighted by Crippen LogP contribution is -2.42. The fourth-order valence-corrected chi connectivity index (χ4v) is 1.52. The molecule has 1 aliphatic heterocycles. The van der Waals surface area contributed by atoms with Crippen molar-refractivity contribution in [3.05, 3.63) is 5.82 Å². The normalized spacial score (nSPS) is 19.5. The smallest absolute Gasteiger partial charge is 0.242 e. The summed E-state index contributed by atoms with van der Waals surface area (Å²) >= 11 is 0. The van der Waals surface area contributed by atoms with E-state index in [9.17, 15) is 9.59 Å². The van der Waals surface area contributed by atoms with E-state index in [4.69, 9.17) is 0 Å². The molecule has 0 radical (unpaired) electrons. The first-order valence-electron chi connectivity index (χ1n) is 5.05. The van der Waals surface area contributed by atoms with Gasteiger partial charge in [0.05, 0.1) is 0 Å². The second kappa shape index (κ2) is 4.69. The molecule has 1 saturated heterocycles. The Bertz CT molecular complexity index is 376. The quantitative estimate of drug-likeness (QED) is 0.555. The number of H-pyrrole nitrogens is 1. The van der Waals surface area contributed by atoms with E-state index in [1.807, 2.05) is 0 Å².